The van der Waals surface area contributed by atoms with Crippen LogP contribution in [0, 0.1) is 11.8 Å². The topological polar surface area (TPSA) is 64.7 Å². The van der Waals surface area contributed by atoms with Gasteiger partial charge in [-0.05, 0) is 31.1 Å². The molecular weight excluding hydrogens is 206 g/mol. The van der Waals surface area contributed by atoms with Gasteiger partial charge in [-0.1, -0.05) is 13.8 Å². The summed E-state index contributed by atoms with van der Waals surface area (Å²) >= 11 is 0. The molecule has 0 bridgehead atoms. The molecular formula is C12H27NO3. The molecule has 0 fully saturated rings. The first-order valence-corrected chi connectivity index (χ1v) is 6.07. The highest BCUT2D eigenvalue weighted by molar-refractivity contribution is 4.67. The van der Waals surface area contributed by atoms with Crippen LogP contribution in [-0.2, 0) is 9.47 Å². The standard InChI is InChI=1S/C12H27NO3/c1-10(8-15-3)4-5-11(2)12(6-7-14)16-9-13/h10-12,14H,4-9,13H2,1-3H3. The Kier molecular flexibility index (Phi) is 9.92. The number of nitrogens with two attached hydrogens (primary N) is 1. The monoisotopic (exact) mass is 233 g/mol. The van der Waals surface area contributed by atoms with Gasteiger partial charge in [-0.3, -0.25) is 0 Å². The van der Waals surface area contributed by atoms with Crippen molar-refractivity contribution >= 4 is 0 Å². The van der Waals surface area contributed by atoms with Crippen LogP contribution in [0.2, 0.25) is 0 Å². The highest BCUT2D eigenvalue weighted by Gasteiger charge is 2.17. The van der Waals surface area contributed by atoms with Gasteiger partial charge in [0.25, 0.3) is 0 Å². The summed E-state index contributed by atoms with van der Waals surface area (Å²) in [5, 5.41) is 8.93. The van der Waals surface area contributed by atoms with E-state index >= 15 is 0 Å². The van der Waals surface area contributed by atoms with Gasteiger partial charge in [0.15, 0.2) is 0 Å². The number of ether oxygens (including phenoxy) is 2. The Bertz CT molecular complexity index is 149. The molecule has 0 heterocycles. The van der Waals surface area contributed by atoms with Gasteiger partial charge in [0.1, 0.15) is 0 Å². The van der Waals surface area contributed by atoms with Crippen LogP contribution in [0.4, 0.5) is 0 Å². The van der Waals surface area contributed by atoms with Crippen LogP contribution in [-0.4, -0.2) is 38.3 Å². The fourth-order valence-electron chi connectivity index (χ4n) is 1.88. The third-order valence-corrected chi connectivity index (χ3v) is 2.92. The van der Waals surface area contributed by atoms with E-state index in [4.69, 9.17) is 20.3 Å². The van der Waals surface area contributed by atoms with Crippen molar-refractivity contribution in [1.29, 1.82) is 0 Å². The Morgan fingerprint density at radius 2 is 1.88 bits per heavy atom. The lowest BCUT2D eigenvalue weighted by Crippen LogP contribution is -2.26. The molecule has 4 nitrogen and oxygen atoms in total. The van der Waals surface area contributed by atoms with E-state index in [-0.39, 0.29) is 19.4 Å². The quantitative estimate of drug-likeness (QED) is 0.559. The maximum atomic E-state index is 8.93. The van der Waals surface area contributed by atoms with Crippen LogP contribution in [0.3, 0.4) is 0 Å². The molecule has 0 aromatic heterocycles. The molecule has 0 aromatic rings. The molecule has 0 radical (unpaired) electrons. The minimum absolute atomic E-state index is 0.0738. The van der Waals surface area contributed by atoms with Gasteiger partial charge in [-0.2, -0.15) is 0 Å². The Hall–Kier alpha value is -0.160. The number of aliphatic hydroxyl groups excluding tert-OH is 1. The fraction of sp³-hybridized carbons (Fsp3) is 1.00. The Morgan fingerprint density at radius 3 is 2.38 bits per heavy atom. The van der Waals surface area contributed by atoms with Gasteiger partial charge in [0.2, 0.25) is 0 Å². The molecule has 0 spiro atoms. The molecule has 3 atom stereocenters. The fourth-order valence-corrected chi connectivity index (χ4v) is 1.88. The highest BCUT2D eigenvalue weighted by Crippen LogP contribution is 2.19. The number of methoxy groups -OCH3 is 1. The number of rotatable bonds is 10. The highest BCUT2D eigenvalue weighted by atomic mass is 16.5. The van der Waals surface area contributed by atoms with Crippen LogP contribution >= 0.6 is 0 Å². The van der Waals surface area contributed by atoms with Gasteiger partial charge in [-0.25, -0.2) is 0 Å². The average molecular weight is 233 g/mol. The molecule has 0 saturated heterocycles. The molecule has 0 aliphatic carbocycles. The average Bonchev–Trinajstić information content (AvgIpc) is 2.26. The molecule has 0 aliphatic heterocycles. The normalized spacial score (nSPS) is 17.1. The van der Waals surface area contributed by atoms with Crippen molar-refractivity contribution in [2.75, 3.05) is 27.1 Å². The van der Waals surface area contributed by atoms with E-state index in [0.717, 1.165) is 19.4 Å². The Labute approximate surface area is 99.1 Å². The maximum absolute atomic E-state index is 8.93. The van der Waals surface area contributed by atoms with Crippen molar-refractivity contribution in [3.05, 3.63) is 0 Å². The molecule has 3 N–H and O–H groups in total. The first-order valence-electron chi connectivity index (χ1n) is 6.07. The predicted molar refractivity (Wildman–Crippen MR) is 65.1 cm³/mol. The summed E-state index contributed by atoms with van der Waals surface area (Å²) in [4.78, 5) is 0. The van der Waals surface area contributed by atoms with Gasteiger partial charge in [0.05, 0.1) is 12.8 Å². The van der Waals surface area contributed by atoms with Gasteiger partial charge in [0, 0.05) is 20.3 Å². The lowest BCUT2D eigenvalue weighted by Gasteiger charge is -2.24. The zero-order valence-corrected chi connectivity index (χ0v) is 10.8. The van der Waals surface area contributed by atoms with Crippen molar-refractivity contribution in [3.63, 3.8) is 0 Å². The number of aliphatic hydroxyl groups is 1. The molecule has 16 heavy (non-hydrogen) atoms. The summed E-state index contributed by atoms with van der Waals surface area (Å²) in [6, 6.07) is 0. The van der Waals surface area contributed by atoms with Crippen LogP contribution < -0.4 is 5.73 Å². The van der Waals surface area contributed by atoms with E-state index in [1.54, 1.807) is 7.11 Å². The summed E-state index contributed by atoms with van der Waals surface area (Å²) < 4.78 is 10.5. The van der Waals surface area contributed by atoms with Crippen molar-refractivity contribution in [1.82, 2.24) is 0 Å². The zero-order chi connectivity index (χ0) is 12.4. The minimum Gasteiger partial charge on any atom is -0.396 e. The molecule has 0 aliphatic rings. The summed E-state index contributed by atoms with van der Waals surface area (Å²) in [5.41, 5.74) is 5.38. The largest absolute Gasteiger partial charge is 0.396 e. The van der Waals surface area contributed by atoms with E-state index in [1.165, 1.54) is 0 Å². The van der Waals surface area contributed by atoms with Crippen molar-refractivity contribution < 1.29 is 14.6 Å². The van der Waals surface area contributed by atoms with Crippen LogP contribution in [0.5, 0.6) is 0 Å². The van der Waals surface area contributed by atoms with Crippen molar-refractivity contribution in [3.8, 4) is 0 Å². The minimum atomic E-state index is 0.0738. The van der Waals surface area contributed by atoms with Gasteiger partial charge in [-0.15, -0.1) is 0 Å². The predicted octanol–water partition coefficient (Wildman–Crippen LogP) is 1.37. The second-order valence-corrected chi connectivity index (χ2v) is 4.50. The summed E-state index contributed by atoms with van der Waals surface area (Å²) in [6.45, 7) is 5.51. The summed E-state index contributed by atoms with van der Waals surface area (Å²) in [5.74, 6) is 0.995. The number of hydrogen-bond acceptors (Lipinski definition) is 4. The third-order valence-electron chi connectivity index (χ3n) is 2.92. The maximum Gasteiger partial charge on any atom is 0.0944 e. The van der Waals surface area contributed by atoms with E-state index in [2.05, 4.69) is 13.8 Å². The SMILES string of the molecule is COCC(C)CCC(C)C(CCO)OCN. The van der Waals surface area contributed by atoms with Crippen LogP contribution in [0.15, 0.2) is 0 Å². The van der Waals surface area contributed by atoms with E-state index in [1.807, 2.05) is 0 Å². The molecule has 0 aromatic carbocycles. The lowest BCUT2D eigenvalue weighted by molar-refractivity contribution is 0.000647. The zero-order valence-electron chi connectivity index (χ0n) is 10.8. The van der Waals surface area contributed by atoms with E-state index < -0.39 is 0 Å². The van der Waals surface area contributed by atoms with Crippen molar-refractivity contribution in [2.45, 2.75) is 39.2 Å². The smallest absolute Gasteiger partial charge is 0.0944 e. The van der Waals surface area contributed by atoms with E-state index in [0.29, 0.717) is 18.3 Å². The van der Waals surface area contributed by atoms with E-state index in [9.17, 15) is 0 Å². The first kappa shape index (κ1) is 15.8. The summed E-state index contributed by atoms with van der Waals surface area (Å²) in [7, 11) is 1.73. The number of hydrogen-bond donors (Lipinski definition) is 2. The Balaban J connectivity index is 3.84. The lowest BCUT2D eigenvalue weighted by atomic mass is 9.93. The second kappa shape index (κ2) is 10.0. The molecule has 3 unspecified atom stereocenters. The van der Waals surface area contributed by atoms with Crippen molar-refractivity contribution in [2.24, 2.45) is 17.6 Å². The van der Waals surface area contributed by atoms with Crippen LogP contribution in [0.25, 0.3) is 0 Å². The Morgan fingerprint density at radius 1 is 1.19 bits per heavy atom. The molecule has 98 valence electrons. The molecule has 0 rings (SSSR count). The first-order chi connectivity index (χ1) is 7.65. The molecule has 4 heteroatoms. The van der Waals surface area contributed by atoms with Gasteiger partial charge >= 0.3 is 0 Å². The summed E-state index contributed by atoms with van der Waals surface area (Å²) in [6.07, 6.45) is 2.93. The van der Waals surface area contributed by atoms with Gasteiger partial charge < -0.3 is 20.3 Å². The molecule has 0 amide bonds. The second-order valence-electron chi connectivity index (χ2n) is 4.50. The third kappa shape index (κ3) is 7.17. The van der Waals surface area contributed by atoms with Crippen LogP contribution in [0.1, 0.15) is 33.1 Å². The molecule has 0 saturated carbocycles.